The maximum atomic E-state index is 12.8. The fourth-order valence-corrected chi connectivity index (χ4v) is 3.57. The minimum Gasteiger partial charge on any atom is -0.356 e. The van der Waals surface area contributed by atoms with Gasteiger partial charge in [0.15, 0.2) is 0 Å². The van der Waals surface area contributed by atoms with E-state index in [2.05, 4.69) is 5.32 Å². The van der Waals surface area contributed by atoms with Crippen molar-refractivity contribution in [3.8, 4) is 0 Å². The lowest BCUT2D eigenvalue weighted by Gasteiger charge is -2.26. The molecule has 1 aromatic rings. The predicted molar refractivity (Wildman–Crippen MR) is 124 cm³/mol. The average molecular weight is 510 g/mol. The van der Waals surface area contributed by atoms with Crippen molar-refractivity contribution in [3.05, 3.63) is 39.9 Å². The monoisotopic (exact) mass is 509 g/mol. The minimum absolute atomic E-state index is 0.0840. The summed E-state index contributed by atoms with van der Waals surface area (Å²) in [5, 5.41) is 22.8. The topological polar surface area (TPSA) is 181 Å². The van der Waals surface area contributed by atoms with E-state index in [1.807, 2.05) is 0 Å². The number of rotatable bonds is 13. The van der Waals surface area contributed by atoms with Crippen molar-refractivity contribution in [1.82, 2.24) is 20.6 Å². The van der Waals surface area contributed by atoms with Gasteiger partial charge in [-0.3, -0.25) is 34.6 Å². The van der Waals surface area contributed by atoms with Crippen molar-refractivity contribution < 1.29 is 38.8 Å². The summed E-state index contributed by atoms with van der Waals surface area (Å²) in [6.07, 6.45) is -0.113. The van der Waals surface area contributed by atoms with Gasteiger partial charge in [-0.25, -0.2) is 10.3 Å². The van der Waals surface area contributed by atoms with Crippen LogP contribution in [0.2, 0.25) is 0 Å². The number of benzene rings is 1. The lowest BCUT2D eigenvalue weighted by molar-refractivity contribution is -0.384. The van der Waals surface area contributed by atoms with Gasteiger partial charge in [0.2, 0.25) is 5.91 Å². The number of hydroxylamine groups is 1. The smallest absolute Gasteiger partial charge is 0.327 e. The van der Waals surface area contributed by atoms with E-state index in [-0.39, 0.29) is 37.6 Å². The van der Waals surface area contributed by atoms with Crippen molar-refractivity contribution >= 4 is 29.4 Å². The zero-order valence-corrected chi connectivity index (χ0v) is 20.6. The number of amides is 5. The third-order valence-corrected chi connectivity index (χ3v) is 5.94. The van der Waals surface area contributed by atoms with E-state index in [1.165, 1.54) is 36.2 Å². The minimum atomic E-state index is -1.11. The van der Waals surface area contributed by atoms with Crippen LogP contribution in [0.3, 0.4) is 0 Å². The van der Waals surface area contributed by atoms with Gasteiger partial charge in [0.25, 0.3) is 17.5 Å². The molecule has 1 aliphatic rings. The first-order valence-electron chi connectivity index (χ1n) is 11.2. The van der Waals surface area contributed by atoms with E-state index in [9.17, 15) is 34.5 Å². The van der Waals surface area contributed by atoms with Crippen molar-refractivity contribution in [2.75, 3.05) is 33.6 Å². The van der Waals surface area contributed by atoms with Crippen LogP contribution in [0.5, 0.6) is 0 Å². The van der Waals surface area contributed by atoms with Gasteiger partial charge in [0.1, 0.15) is 12.3 Å². The van der Waals surface area contributed by atoms with Gasteiger partial charge in [-0.2, -0.15) is 0 Å². The Bertz CT molecular complexity index is 983. The van der Waals surface area contributed by atoms with E-state index >= 15 is 0 Å². The number of hydrogen-bond acceptors (Lipinski definition) is 9. The number of nitrogens with one attached hydrogen (secondary N) is 2. The summed E-state index contributed by atoms with van der Waals surface area (Å²) in [7, 11) is 1.47. The lowest BCUT2D eigenvalue weighted by atomic mass is 9.97. The molecule has 14 nitrogen and oxygen atoms in total. The second-order valence-corrected chi connectivity index (χ2v) is 8.68. The molecule has 0 aliphatic carbocycles. The van der Waals surface area contributed by atoms with Crippen LogP contribution in [-0.2, 0) is 19.1 Å². The van der Waals surface area contributed by atoms with Gasteiger partial charge in [0.05, 0.1) is 23.5 Å². The van der Waals surface area contributed by atoms with Gasteiger partial charge in [-0.05, 0) is 39.3 Å². The molecule has 1 fully saturated rings. The standard InChI is InChI=1S/C22H31N5O9/c1-5-35-13-36-12-16(23-18(28)14-6-8-17(9-7-14)27(33)34)10-15(19(29)24-32)11-26-20(30)22(2,3)25(4)21(26)31/h6-9,15-16,32H,5,10-13H2,1-4H3,(H,23,28)(H,24,29). The maximum Gasteiger partial charge on any atom is 0.327 e. The highest BCUT2D eigenvalue weighted by Crippen LogP contribution is 2.27. The van der Waals surface area contributed by atoms with Crippen LogP contribution in [0.4, 0.5) is 10.5 Å². The summed E-state index contributed by atoms with van der Waals surface area (Å²) in [4.78, 5) is 63.1. The van der Waals surface area contributed by atoms with Gasteiger partial charge < -0.3 is 19.7 Å². The number of nitro groups is 1. The molecule has 36 heavy (non-hydrogen) atoms. The molecule has 2 unspecified atom stereocenters. The van der Waals surface area contributed by atoms with Crippen molar-refractivity contribution in [1.29, 1.82) is 0 Å². The van der Waals surface area contributed by atoms with Gasteiger partial charge in [0, 0.05) is 37.9 Å². The Balaban J connectivity index is 2.21. The molecule has 0 bridgehead atoms. The number of nitro benzene ring substituents is 1. The SMILES string of the molecule is CCOCOCC(CC(CN1C(=O)N(C)C(C)(C)C1=O)C(=O)NO)NC(=O)c1ccc([N+](=O)[O-])cc1. The molecule has 5 amide bonds. The third kappa shape index (κ3) is 6.74. The third-order valence-electron chi connectivity index (χ3n) is 5.94. The first-order valence-corrected chi connectivity index (χ1v) is 11.2. The number of imide groups is 1. The summed E-state index contributed by atoms with van der Waals surface area (Å²) in [5.74, 6) is -3.05. The predicted octanol–water partition coefficient (Wildman–Crippen LogP) is 0.888. The Labute approximate surface area is 207 Å². The van der Waals surface area contributed by atoms with Crippen molar-refractivity contribution in [2.45, 2.75) is 38.8 Å². The van der Waals surface area contributed by atoms with Gasteiger partial charge in [-0.1, -0.05) is 0 Å². The highest BCUT2D eigenvalue weighted by atomic mass is 16.7. The first-order chi connectivity index (χ1) is 16.9. The zero-order valence-electron chi connectivity index (χ0n) is 20.6. The number of hydrogen-bond donors (Lipinski definition) is 3. The van der Waals surface area contributed by atoms with E-state index in [0.29, 0.717) is 6.61 Å². The molecule has 198 valence electrons. The summed E-state index contributed by atoms with van der Waals surface area (Å²) >= 11 is 0. The molecule has 1 heterocycles. The number of ether oxygens (including phenoxy) is 2. The van der Waals surface area contributed by atoms with Crippen LogP contribution in [0.15, 0.2) is 24.3 Å². The molecule has 2 rings (SSSR count). The largest absolute Gasteiger partial charge is 0.356 e. The number of nitrogens with zero attached hydrogens (tertiary/aromatic N) is 3. The Hall–Kier alpha value is -3.62. The van der Waals surface area contributed by atoms with Crippen LogP contribution in [0.1, 0.15) is 37.6 Å². The molecule has 0 radical (unpaired) electrons. The van der Waals surface area contributed by atoms with Crippen LogP contribution in [0, 0.1) is 16.0 Å². The van der Waals surface area contributed by atoms with Crippen molar-refractivity contribution in [2.24, 2.45) is 5.92 Å². The Morgan fingerprint density at radius 1 is 1.19 bits per heavy atom. The van der Waals surface area contributed by atoms with Crippen molar-refractivity contribution in [3.63, 3.8) is 0 Å². The van der Waals surface area contributed by atoms with E-state index < -0.39 is 46.2 Å². The molecular formula is C22H31N5O9. The summed E-state index contributed by atoms with van der Waals surface area (Å²) < 4.78 is 10.6. The molecule has 14 heteroatoms. The Kier molecular flexibility index (Phi) is 9.84. The van der Waals surface area contributed by atoms with E-state index in [4.69, 9.17) is 9.47 Å². The molecule has 1 aromatic carbocycles. The highest BCUT2D eigenvalue weighted by Gasteiger charge is 2.50. The first kappa shape index (κ1) is 28.6. The van der Waals surface area contributed by atoms with E-state index in [0.717, 1.165) is 4.90 Å². The fraction of sp³-hybridized carbons (Fsp3) is 0.545. The second-order valence-electron chi connectivity index (χ2n) is 8.68. The van der Waals surface area contributed by atoms with Gasteiger partial charge >= 0.3 is 6.03 Å². The summed E-state index contributed by atoms with van der Waals surface area (Å²) in [6, 6.07) is 3.51. The number of likely N-dealkylation sites (N-methyl/N-ethyl adjacent to an activating group) is 1. The number of non-ortho nitro benzene ring substituents is 1. The van der Waals surface area contributed by atoms with Crippen LogP contribution in [0.25, 0.3) is 0 Å². The quantitative estimate of drug-likeness (QED) is 0.0868. The van der Waals surface area contributed by atoms with Crippen LogP contribution < -0.4 is 10.8 Å². The number of urea groups is 1. The molecule has 0 aromatic heterocycles. The van der Waals surface area contributed by atoms with E-state index in [1.54, 1.807) is 26.3 Å². The van der Waals surface area contributed by atoms with Crippen LogP contribution >= 0.6 is 0 Å². The number of carbonyl (C=O) groups excluding carboxylic acids is 4. The molecule has 2 atom stereocenters. The zero-order chi connectivity index (χ0) is 27.0. The van der Waals surface area contributed by atoms with Gasteiger partial charge in [-0.15, -0.1) is 0 Å². The lowest BCUT2D eigenvalue weighted by Crippen LogP contribution is -2.47. The Morgan fingerprint density at radius 2 is 1.83 bits per heavy atom. The second kappa shape index (κ2) is 12.4. The molecule has 0 spiro atoms. The Morgan fingerprint density at radius 3 is 2.33 bits per heavy atom. The molecule has 0 saturated carbocycles. The molecule has 1 aliphatic heterocycles. The molecule has 3 N–H and O–H groups in total. The highest BCUT2D eigenvalue weighted by molar-refractivity contribution is 6.06. The normalized spacial score (nSPS) is 16.6. The summed E-state index contributed by atoms with van der Waals surface area (Å²) in [5.41, 5.74) is 0.377. The maximum absolute atomic E-state index is 12.8. The number of carbonyl (C=O) groups is 4. The average Bonchev–Trinajstić information content (AvgIpc) is 3.00. The molecular weight excluding hydrogens is 478 g/mol. The fourth-order valence-electron chi connectivity index (χ4n) is 3.57. The van der Waals surface area contributed by atoms with Crippen LogP contribution in [-0.4, -0.2) is 88.9 Å². The molecule has 1 saturated heterocycles. The summed E-state index contributed by atoms with van der Waals surface area (Å²) in [6.45, 7) is 4.78.